The van der Waals surface area contributed by atoms with Gasteiger partial charge < -0.3 is 10.6 Å². The molecule has 25 heavy (non-hydrogen) atoms. The topological polar surface area (TPSA) is 66.9 Å². The number of carbonyl (C=O) groups is 1. The number of nitrogens with zero attached hydrogens (tertiary/aromatic N) is 2. The molecule has 3 rings (SSSR count). The van der Waals surface area contributed by atoms with E-state index in [1.807, 2.05) is 32.0 Å². The maximum atomic E-state index is 12.3. The second-order valence-electron chi connectivity index (χ2n) is 5.67. The number of anilines is 3. The first-order valence-electron chi connectivity index (χ1n) is 7.75. The van der Waals surface area contributed by atoms with Gasteiger partial charge in [-0.25, -0.2) is 9.97 Å². The molecule has 0 spiro atoms. The zero-order valence-electron chi connectivity index (χ0n) is 13.9. The van der Waals surface area contributed by atoms with E-state index in [1.165, 1.54) is 12.4 Å². The Hall–Kier alpha value is -2.92. The van der Waals surface area contributed by atoms with Gasteiger partial charge in [-0.2, -0.15) is 0 Å². The summed E-state index contributed by atoms with van der Waals surface area (Å²) in [4.78, 5) is 20.7. The zero-order valence-corrected chi connectivity index (χ0v) is 14.6. The Morgan fingerprint density at radius 1 is 1.00 bits per heavy atom. The van der Waals surface area contributed by atoms with Crippen molar-refractivity contribution in [3.05, 3.63) is 76.6 Å². The SMILES string of the molecule is Cc1ccc(C)c(Nc2ncc(C(=O)Nc3ccccc3Cl)cn2)c1. The molecule has 0 fully saturated rings. The van der Waals surface area contributed by atoms with Gasteiger partial charge in [-0.05, 0) is 43.2 Å². The molecule has 2 aromatic carbocycles. The van der Waals surface area contributed by atoms with E-state index >= 15 is 0 Å². The Balaban J connectivity index is 1.72. The summed E-state index contributed by atoms with van der Waals surface area (Å²) >= 11 is 6.04. The van der Waals surface area contributed by atoms with Gasteiger partial charge in [-0.15, -0.1) is 0 Å². The van der Waals surface area contributed by atoms with Gasteiger partial charge in [0, 0.05) is 18.1 Å². The molecule has 0 aliphatic rings. The van der Waals surface area contributed by atoms with Crippen LogP contribution in [0.15, 0.2) is 54.9 Å². The molecular formula is C19H17ClN4O. The number of carbonyl (C=O) groups excluding carboxylic acids is 1. The highest BCUT2D eigenvalue weighted by molar-refractivity contribution is 6.33. The Morgan fingerprint density at radius 2 is 1.72 bits per heavy atom. The Labute approximate surface area is 151 Å². The average Bonchev–Trinajstić information content (AvgIpc) is 2.61. The molecule has 0 aliphatic carbocycles. The van der Waals surface area contributed by atoms with E-state index in [1.54, 1.807) is 24.3 Å². The van der Waals surface area contributed by atoms with Crippen LogP contribution in [0.4, 0.5) is 17.3 Å². The van der Waals surface area contributed by atoms with Crippen LogP contribution in [0, 0.1) is 13.8 Å². The van der Waals surface area contributed by atoms with Crippen LogP contribution in [0.5, 0.6) is 0 Å². The number of halogens is 1. The average molecular weight is 353 g/mol. The summed E-state index contributed by atoms with van der Waals surface area (Å²) in [5.74, 6) is 0.120. The fourth-order valence-electron chi connectivity index (χ4n) is 2.26. The predicted octanol–water partition coefficient (Wildman–Crippen LogP) is 4.74. The molecule has 1 heterocycles. The third-order valence-corrected chi connectivity index (χ3v) is 4.01. The van der Waals surface area contributed by atoms with Crippen LogP contribution >= 0.6 is 11.6 Å². The maximum Gasteiger partial charge on any atom is 0.258 e. The lowest BCUT2D eigenvalue weighted by molar-refractivity contribution is 0.102. The predicted molar refractivity (Wildman–Crippen MR) is 101 cm³/mol. The van der Waals surface area contributed by atoms with E-state index in [4.69, 9.17) is 11.6 Å². The molecule has 1 aromatic heterocycles. The summed E-state index contributed by atoms with van der Waals surface area (Å²) in [5, 5.41) is 6.38. The minimum atomic E-state index is -0.314. The molecule has 2 N–H and O–H groups in total. The first-order chi connectivity index (χ1) is 12.0. The number of para-hydroxylation sites is 1. The van der Waals surface area contributed by atoms with E-state index in [0.29, 0.717) is 22.2 Å². The van der Waals surface area contributed by atoms with Crippen LogP contribution in [-0.4, -0.2) is 15.9 Å². The number of benzene rings is 2. The minimum Gasteiger partial charge on any atom is -0.324 e. The van der Waals surface area contributed by atoms with Crippen molar-refractivity contribution in [2.75, 3.05) is 10.6 Å². The molecule has 1 amide bonds. The van der Waals surface area contributed by atoms with Crippen LogP contribution in [0.3, 0.4) is 0 Å². The van der Waals surface area contributed by atoms with Gasteiger partial charge in [0.05, 0.1) is 16.3 Å². The monoisotopic (exact) mass is 352 g/mol. The summed E-state index contributed by atoms with van der Waals surface area (Å²) in [7, 11) is 0. The van der Waals surface area contributed by atoms with Crippen LogP contribution in [0.1, 0.15) is 21.5 Å². The molecule has 0 atom stereocenters. The first kappa shape index (κ1) is 16.9. The lowest BCUT2D eigenvalue weighted by atomic mass is 10.1. The summed E-state index contributed by atoms with van der Waals surface area (Å²) in [6.07, 6.45) is 2.96. The Kier molecular flexibility index (Phi) is 4.95. The fourth-order valence-corrected chi connectivity index (χ4v) is 2.44. The van der Waals surface area contributed by atoms with Gasteiger partial charge in [0.15, 0.2) is 0 Å². The third kappa shape index (κ3) is 4.14. The molecule has 3 aromatic rings. The second kappa shape index (κ2) is 7.32. The zero-order chi connectivity index (χ0) is 17.8. The smallest absolute Gasteiger partial charge is 0.258 e. The normalized spacial score (nSPS) is 10.4. The highest BCUT2D eigenvalue weighted by Crippen LogP contribution is 2.22. The minimum absolute atomic E-state index is 0.314. The molecule has 5 nitrogen and oxygen atoms in total. The van der Waals surface area contributed by atoms with Crippen molar-refractivity contribution in [3.8, 4) is 0 Å². The first-order valence-corrected chi connectivity index (χ1v) is 8.13. The van der Waals surface area contributed by atoms with Crippen molar-refractivity contribution >= 4 is 34.8 Å². The molecule has 0 saturated heterocycles. The number of aromatic nitrogens is 2. The van der Waals surface area contributed by atoms with Crippen molar-refractivity contribution in [1.29, 1.82) is 0 Å². The van der Waals surface area contributed by atoms with Crippen LogP contribution in [0.2, 0.25) is 5.02 Å². The van der Waals surface area contributed by atoms with Crippen LogP contribution in [0.25, 0.3) is 0 Å². The number of hydrogen-bond acceptors (Lipinski definition) is 4. The fraction of sp³-hybridized carbons (Fsp3) is 0.105. The largest absolute Gasteiger partial charge is 0.324 e. The van der Waals surface area contributed by atoms with E-state index in [2.05, 4.69) is 20.6 Å². The maximum absolute atomic E-state index is 12.3. The summed E-state index contributed by atoms with van der Waals surface area (Å²) in [6, 6.07) is 13.1. The lowest BCUT2D eigenvalue weighted by Crippen LogP contribution is -2.13. The lowest BCUT2D eigenvalue weighted by Gasteiger charge is -2.10. The Bertz CT molecular complexity index is 910. The summed E-state index contributed by atoms with van der Waals surface area (Å²) < 4.78 is 0. The molecule has 0 radical (unpaired) electrons. The summed E-state index contributed by atoms with van der Waals surface area (Å²) in [5.41, 5.74) is 4.07. The summed E-state index contributed by atoms with van der Waals surface area (Å²) in [6.45, 7) is 4.03. The molecule has 0 unspecified atom stereocenters. The quantitative estimate of drug-likeness (QED) is 0.711. The van der Waals surface area contributed by atoms with Gasteiger partial charge in [0.2, 0.25) is 5.95 Å². The second-order valence-corrected chi connectivity index (χ2v) is 6.08. The van der Waals surface area contributed by atoms with E-state index in [0.717, 1.165) is 16.8 Å². The molecule has 6 heteroatoms. The van der Waals surface area contributed by atoms with Gasteiger partial charge in [0.1, 0.15) is 0 Å². The van der Waals surface area contributed by atoms with Gasteiger partial charge in [-0.1, -0.05) is 35.9 Å². The molecule has 0 aliphatic heterocycles. The number of hydrogen-bond donors (Lipinski definition) is 2. The van der Waals surface area contributed by atoms with Crippen molar-refractivity contribution in [2.45, 2.75) is 13.8 Å². The van der Waals surface area contributed by atoms with Gasteiger partial charge in [-0.3, -0.25) is 4.79 Å². The van der Waals surface area contributed by atoms with Crippen molar-refractivity contribution < 1.29 is 4.79 Å². The van der Waals surface area contributed by atoms with Gasteiger partial charge >= 0.3 is 0 Å². The van der Waals surface area contributed by atoms with E-state index in [-0.39, 0.29) is 5.91 Å². The van der Waals surface area contributed by atoms with Crippen LogP contribution in [-0.2, 0) is 0 Å². The molecule has 0 bridgehead atoms. The molecule has 126 valence electrons. The number of amides is 1. The highest BCUT2D eigenvalue weighted by atomic mass is 35.5. The standard InChI is InChI=1S/C19H17ClN4O/c1-12-7-8-13(2)17(9-12)24-19-21-10-14(11-22-19)18(25)23-16-6-4-3-5-15(16)20/h3-11H,1-2H3,(H,23,25)(H,21,22,24). The number of nitrogens with one attached hydrogen (secondary N) is 2. The molecule has 0 saturated carbocycles. The Morgan fingerprint density at radius 3 is 2.44 bits per heavy atom. The number of aryl methyl sites for hydroxylation is 2. The van der Waals surface area contributed by atoms with Gasteiger partial charge in [0.25, 0.3) is 5.91 Å². The van der Waals surface area contributed by atoms with Crippen molar-refractivity contribution in [2.24, 2.45) is 0 Å². The number of rotatable bonds is 4. The van der Waals surface area contributed by atoms with E-state index in [9.17, 15) is 4.79 Å². The van der Waals surface area contributed by atoms with Crippen molar-refractivity contribution in [3.63, 3.8) is 0 Å². The molecular weight excluding hydrogens is 336 g/mol. The highest BCUT2D eigenvalue weighted by Gasteiger charge is 2.10. The third-order valence-electron chi connectivity index (χ3n) is 3.68. The van der Waals surface area contributed by atoms with Crippen molar-refractivity contribution in [1.82, 2.24) is 9.97 Å². The van der Waals surface area contributed by atoms with Crippen LogP contribution < -0.4 is 10.6 Å². The van der Waals surface area contributed by atoms with E-state index < -0.39 is 0 Å².